The molecule has 26 heavy (non-hydrogen) atoms. The van der Waals surface area contributed by atoms with Crippen molar-refractivity contribution in [2.45, 2.75) is 25.0 Å². The number of aromatic nitrogens is 5. The number of hydrogen-bond donors (Lipinski definition) is 3. The molecule has 2 atom stereocenters. The molecule has 0 radical (unpaired) electrons. The molecule has 3 aromatic heterocycles. The highest BCUT2D eigenvalue weighted by Crippen LogP contribution is 2.22. The summed E-state index contributed by atoms with van der Waals surface area (Å²) in [5.41, 5.74) is 8.30. The predicted octanol–water partition coefficient (Wildman–Crippen LogP) is 0.225. The van der Waals surface area contributed by atoms with Crippen molar-refractivity contribution in [2.75, 3.05) is 0 Å². The summed E-state index contributed by atoms with van der Waals surface area (Å²) in [6.45, 7) is 0.370. The molecule has 0 aromatic carbocycles. The Bertz CT molecular complexity index is 888. The van der Waals surface area contributed by atoms with Gasteiger partial charge >= 0.3 is 0 Å². The number of carbonyl (C=O) groups excluding carboxylic acids is 1. The van der Waals surface area contributed by atoms with E-state index in [1.165, 1.54) is 6.33 Å². The first-order chi connectivity index (χ1) is 12.7. The second-order valence-corrected chi connectivity index (χ2v) is 6.22. The topological polar surface area (TPSA) is 102 Å². The lowest BCUT2D eigenvalue weighted by Crippen LogP contribution is -2.43. The Morgan fingerprint density at radius 3 is 3.04 bits per heavy atom. The third kappa shape index (κ3) is 3.22. The van der Waals surface area contributed by atoms with Crippen LogP contribution in [0, 0.1) is 0 Å². The van der Waals surface area contributed by atoms with Crippen LogP contribution in [0.4, 0.5) is 0 Å². The Kier molecular flexibility index (Phi) is 4.46. The van der Waals surface area contributed by atoms with Crippen molar-refractivity contribution in [3.8, 4) is 5.82 Å². The van der Waals surface area contributed by atoms with Crippen LogP contribution in [0.25, 0.3) is 5.82 Å². The first-order valence-corrected chi connectivity index (χ1v) is 8.41. The fourth-order valence-electron chi connectivity index (χ4n) is 3.16. The van der Waals surface area contributed by atoms with Crippen LogP contribution >= 0.6 is 0 Å². The molecular formula is C17H20N8O. The van der Waals surface area contributed by atoms with Gasteiger partial charge < -0.3 is 9.88 Å². The molecular weight excluding hydrogens is 332 g/mol. The fraction of sp³-hybridized carbons (Fsp3) is 0.294. The van der Waals surface area contributed by atoms with E-state index >= 15 is 0 Å². The Hall–Kier alpha value is -3.04. The Morgan fingerprint density at radius 1 is 1.35 bits per heavy atom. The first kappa shape index (κ1) is 16.4. The largest absolute Gasteiger partial charge is 0.353 e. The molecule has 2 unspecified atom stereocenters. The van der Waals surface area contributed by atoms with Gasteiger partial charge in [-0.25, -0.2) is 25.5 Å². The van der Waals surface area contributed by atoms with E-state index in [4.69, 9.17) is 0 Å². The molecule has 0 aliphatic carbocycles. The lowest BCUT2D eigenvalue weighted by Gasteiger charge is -2.12. The zero-order valence-corrected chi connectivity index (χ0v) is 14.3. The van der Waals surface area contributed by atoms with Crippen molar-refractivity contribution in [2.24, 2.45) is 7.05 Å². The van der Waals surface area contributed by atoms with Crippen LogP contribution in [0.15, 0.2) is 49.3 Å². The molecule has 9 heteroatoms. The zero-order chi connectivity index (χ0) is 17.9. The van der Waals surface area contributed by atoms with Crippen LogP contribution in [0.5, 0.6) is 0 Å². The smallest absolute Gasteiger partial charge is 0.238 e. The number of pyridine rings is 1. The van der Waals surface area contributed by atoms with Crippen molar-refractivity contribution in [1.29, 1.82) is 0 Å². The monoisotopic (exact) mass is 352 g/mol. The SMILES string of the molecule is Cn1cccc1C1CC(C(=O)NCc2cccnc2-n2cncn2)NN1. The maximum absolute atomic E-state index is 12.5. The van der Waals surface area contributed by atoms with Gasteiger partial charge in [0, 0.05) is 37.2 Å². The predicted molar refractivity (Wildman–Crippen MR) is 93.8 cm³/mol. The van der Waals surface area contributed by atoms with Crippen molar-refractivity contribution in [3.63, 3.8) is 0 Å². The fourth-order valence-corrected chi connectivity index (χ4v) is 3.16. The highest BCUT2D eigenvalue weighted by atomic mass is 16.2. The van der Waals surface area contributed by atoms with Gasteiger partial charge in [-0.05, 0) is 24.6 Å². The van der Waals surface area contributed by atoms with Crippen LogP contribution < -0.4 is 16.2 Å². The lowest BCUT2D eigenvalue weighted by molar-refractivity contribution is -0.123. The summed E-state index contributed by atoms with van der Waals surface area (Å²) in [7, 11) is 2.00. The molecule has 3 N–H and O–H groups in total. The molecule has 1 aliphatic rings. The van der Waals surface area contributed by atoms with Gasteiger partial charge in [-0.1, -0.05) is 6.07 Å². The number of aryl methyl sites for hydroxylation is 1. The second kappa shape index (κ2) is 7.06. The van der Waals surface area contributed by atoms with E-state index in [0.717, 1.165) is 11.3 Å². The number of nitrogens with one attached hydrogen (secondary N) is 3. The highest BCUT2D eigenvalue weighted by molar-refractivity contribution is 5.82. The van der Waals surface area contributed by atoms with Crippen LogP contribution in [0.2, 0.25) is 0 Å². The maximum Gasteiger partial charge on any atom is 0.238 e. The van der Waals surface area contributed by atoms with Gasteiger partial charge in [0.1, 0.15) is 18.7 Å². The number of hydrogen-bond acceptors (Lipinski definition) is 6. The van der Waals surface area contributed by atoms with Gasteiger partial charge in [0.15, 0.2) is 5.82 Å². The summed E-state index contributed by atoms with van der Waals surface area (Å²) in [5.74, 6) is 0.604. The van der Waals surface area contributed by atoms with Crippen LogP contribution in [-0.4, -0.2) is 36.3 Å². The lowest BCUT2D eigenvalue weighted by atomic mass is 10.1. The molecule has 0 bridgehead atoms. The summed E-state index contributed by atoms with van der Waals surface area (Å²) in [5, 5.41) is 7.08. The molecule has 0 saturated carbocycles. The molecule has 9 nitrogen and oxygen atoms in total. The van der Waals surface area contributed by atoms with E-state index in [1.54, 1.807) is 17.2 Å². The van der Waals surface area contributed by atoms with E-state index in [1.807, 2.05) is 31.4 Å². The Morgan fingerprint density at radius 2 is 2.27 bits per heavy atom. The van der Waals surface area contributed by atoms with Crippen molar-refractivity contribution < 1.29 is 4.79 Å². The first-order valence-electron chi connectivity index (χ1n) is 8.41. The minimum absolute atomic E-state index is 0.0531. The molecule has 3 aromatic rings. The van der Waals surface area contributed by atoms with Gasteiger partial charge in [0.2, 0.25) is 5.91 Å². The van der Waals surface area contributed by atoms with E-state index < -0.39 is 0 Å². The summed E-state index contributed by atoms with van der Waals surface area (Å²) in [4.78, 5) is 20.8. The van der Waals surface area contributed by atoms with Crippen molar-refractivity contribution >= 4 is 5.91 Å². The van der Waals surface area contributed by atoms with E-state index in [9.17, 15) is 4.79 Å². The minimum atomic E-state index is -0.290. The molecule has 4 rings (SSSR count). The van der Waals surface area contributed by atoms with Crippen molar-refractivity contribution in [1.82, 2.24) is 40.5 Å². The standard InChI is InChI=1S/C17H20N8O/c1-24-7-3-5-15(24)13-8-14(23-22-13)17(26)20-9-12-4-2-6-19-16(12)25-11-18-10-21-25/h2-7,10-11,13-14,22-23H,8-9H2,1H3,(H,20,26). The molecule has 1 saturated heterocycles. The zero-order valence-electron chi connectivity index (χ0n) is 14.3. The summed E-state index contributed by atoms with van der Waals surface area (Å²) < 4.78 is 3.64. The van der Waals surface area contributed by atoms with Crippen molar-refractivity contribution in [3.05, 3.63) is 60.6 Å². The van der Waals surface area contributed by atoms with Gasteiger partial charge in [-0.2, -0.15) is 5.10 Å². The quantitative estimate of drug-likeness (QED) is 0.607. The highest BCUT2D eigenvalue weighted by Gasteiger charge is 2.31. The second-order valence-electron chi connectivity index (χ2n) is 6.22. The average molecular weight is 352 g/mol. The molecule has 0 spiro atoms. The van der Waals surface area contributed by atoms with Crippen LogP contribution in [-0.2, 0) is 18.4 Å². The van der Waals surface area contributed by atoms with E-state index in [0.29, 0.717) is 18.8 Å². The number of carbonyl (C=O) groups is 1. The number of hydrazine groups is 1. The third-order valence-corrected chi connectivity index (χ3v) is 4.52. The molecule has 1 fully saturated rings. The van der Waals surface area contributed by atoms with Gasteiger partial charge in [-0.3, -0.25) is 4.79 Å². The Labute approximate surface area is 150 Å². The molecule has 4 heterocycles. The number of rotatable bonds is 5. The van der Waals surface area contributed by atoms with Crippen LogP contribution in [0.1, 0.15) is 23.7 Å². The summed E-state index contributed by atoms with van der Waals surface area (Å²) >= 11 is 0. The van der Waals surface area contributed by atoms with E-state index in [-0.39, 0.29) is 18.0 Å². The molecule has 1 amide bonds. The summed E-state index contributed by atoms with van der Waals surface area (Å²) in [6.07, 6.45) is 7.41. The Balaban J connectivity index is 1.39. The summed E-state index contributed by atoms with van der Waals surface area (Å²) in [6, 6.07) is 7.62. The molecule has 1 aliphatic heterocycles. The normalized spacial score (nSPS) is 19.6. The minimum Gasteiger partial charge on any atom is -0.353 e. The number of nitrogens with zero attached hydrogens (tertiary/aromatic N) is 5. The van der Waals surface area contributed by atoms with Crippen LogP contribution in [0.3, 0.4) is 0 Å². The maximum atomic E-state index is 12.5. The average Bonchev–Trinajstić information content (AvgIpc) is 3.41. The third-order valence-electron chi connectivity index (χ3n) is 4.52. The van der Waals surface area contributed by atoms with Gasteiger partial charge in [0.25, 0.3) is 0 Å². The van der Waals surface area contributed by atoms with Gasteiger partial charge in [-0.15, -0.1) is 0 Å². The number of amides is 1. The van der Waals surface area contributed by atoms with E-state index in [2.05, 4.69) is 41.9 Å². The molecule has 134 valence electrons. The van der Waals surface area contributed by atoms with Gasteiger partial charge in [0.05, 0.1) is 6.04 Å².